The van der Waals surface area contributed by atoms with E-state index in [-0.39, 0.29) is 42.0 Å². The third kappa shape index (κ3) is 5.62. The average molecular weight is 538 g/mol. The minimum Gasteiger partial charge on any atom is -0.444 e. The van der Waals surface area contributed by atoms with Crippen LogP contribution in [0.1, 0.15) is 11.1 Å². The number of fused-ring (bicyclic) bond motifs is 2. The standard InChI is InChI=1S/C23H19ClF3N5O5/c24-18-6-14(3-4-19(18)37-23(25,26)27)13-1-2-15-7-30(8-16(15)5-13)11-21(33)28-17-9-31-10-20(32(34)35)29-22(31)36-12-17/h1-6,10,17H,7-9,11-12H2,(H,28,33)/t17-/m0/s1. The van der Waals surface area contributed by atoms with E-state index < -0.39 is 17.0 Å². The quantitative estimate of drug-likeness (QED) is 0.375. The number of rotatable bonds is 6. The fraction of sp³-hybridized carbons (Fsp3) is 0.304. The molecular formula is C23H19ClF3N5O5. The zero-order chi connectivity index (χ0) is 26.3. The number of aromatic nitrogens is 2. The normalized spacial score (nSPS) is 17.0. The molecule has 1 N–H and O–H groups in total. The van der Waals surface area contributed by atoms with E-state index in [0.717, 1.165) is 16.7 Å². The number of nitro groups is 1. The first-order valence-corrected chi connectivity index (χ1v) is 11.5. The summed E-state index contributed by atoms with van der Waals surface area (Å²) in [5.74, 6) is -1.00. The molecule has 2 aliphatic heterocycles. The first-order chi connectivity index (χ1) is 17.5. The van der Waals surface area contributed by atoms with Gasteiger partial charge in [-0.3, -0.25) is 14.3 Å². The van der Waals surface area contributed by atoms with Crippen molar-refractivity contribution >= 4 is 23.3 Å². The number of hydrogen-bond acceptors (Lipinski definition) is 7. The van der Waals surface area contributed by atoms with E-state index in [1.807, 2.05) is 23.1 Å². The van der Waals surface area contributed by atoms with E-state index in [1.54, 1.807) is 0 Å². The Balaban J connectivity index is 1.18. The number of nitrogens with one attached hydrogen (secondary N) is 1. The molecule has 194 valence electrons. The van der Waals surface area contributed by atoms with Crippen LogP contribution in [0.5, 0.6) is 11.8 Å². The van der Waals surface area contributed by atoms with Crippen LogP contribution in [-0.2, 0) is 24.4 Å². The van der Waals surface area contributed by atoms with Gasteiger partial charge in [0.1, 0.15) is 18.6 Å². The molecule has 10 nitrogen and oxygen atoms in total. The highest BCUT2D eigenvalue weighted by molar-refractivity contribution is 6.32. The molecule has 0 unspecified atom stereocenters. The largest absolute Gasteiger partial charge is 0.573 e. The molecule has 2 aromatic carbocycles. The van der Waals surface area contributed by atoms with Crippen molar-refractivity contribution in [3.63, 3.8) is 0 Å². The maximum atomic E-state index is 12.7. The smallest absolute Gasteiger partial charge is 0.444 e. The molecular weight excluding hydrogens is 519 g/mol. The van der Waals surface area contributed by atoms with Gasteiger partial charge in [-0.15, -0.1) is 13.2 Å². The molecule has 3 aromatic rings. The molecule has 1 amide bonds. The Kier molecular flexibility index (Phi) is 6.42. The molecule has 2 aliphatic rings. The van der Waals surface area contributed by atoms with Crippen molar-refractivity contribution in [1.82, 2.24) is 19.8 Å². The van der Waals surface area contributed by atoms with E-state index in [2.05, 4.69) is 15.0 Å². The Morgan fingerprint density at radius 1 is 1.22 bits per heavy atom. The number of benzene rings is 2. The molecule has 5 rings (SSSR count). The van der Waals surface area contributed by atoms with Gasteiger partial charge >= 0.3 is 18.2 Å². The van der Waals surface area contributed by atoms with E-state index in [9.17, 15) is 28.1 Å². The van der Waals surface area contributed by atoms with Gasteiger partial charge in [0, 0.05) is 18.1 Å². The molecule has 0 aliphatic carbocycles. The summed E-state index contributed by atoms with van der Waals surface area (Å²) in [4.78, 5) is 28.7. The SMILES string of the molecule is O=C(CN1Cc2ccc(-c3ccc(OC(F)(F)F)c(Cl)c3)cc2C1)N[C@@H]1COc2nc([N+](=O)[O-])cn2C1. The molecule has 1 aromatic heterocycles. The highest BCUT2D eigenvalue weighted by Gasteiger charge is 2.32. The monoisotopic (exact) mass is 537 g/mol. The first-order valence-electron chi connectivity index (χ1n) is 11.1. The summed E-state index contributed by atoms with van der Waals surface area (Å²) >= 11 is 5.98. The fourth-order valence-electron chi connectivity index (χ4n) is 4.39. The van der Waals surface area contributed by atoms with Gasteiger partial charge in [0.25, 0.3) is 0 Å². The summed E-state index contributed by atoms with van der Waals surface area (Å²) in [6, 6.07) is 9.56. The lowest BCUT2D eigenvalue weighted by Gasteiger charge is -2.24. The van der Waals surface area contributed by atoms with Crippen molar-refractivity contribution in [2.75, 3.05) is 13.2 Å². The highest BCUT2D eigenvalue weighted by atomic mass is 35.5. The van der Waals surface area contributed by atoms with Gasteiger partial charge in [-0.05, 0) is 45.4 Å². The maximum absolute atomic E-state index is 12.7. The molecule has 1 atom stereocenters. The van der Waals surface area contributed by atoms with Crippen molar-refractivity contribution in [3.05, 3.63) is 68.9 Å². The van der Waals surface area contributed by atoms with Gasteiger partial charge in [0.05, 0.1) is 24.2 Å². The zero-order valence-electron chi connectivity index (χ0n) is 19.0. The summed E-state index contributed by atoms with van der Waals surface area (Å²) in [6.07, 6.45) is -3.56. The van der Waals surface area contributed by atoms with Crippen LogP contribution in [0.3, 0.4) is 0 Å². The van der Waals surface area contributed by atoms with Gasteiger partial charge < -0.3 is 24.9 Å². The number of ether oxygens (including phenoxy) is 2. The van der Waals surface area contributed by atoms with Gasteiger partial charge in [-0.2, -0.15) is 0 Å². The number of halogens is 4. The lowest BCUT2D eigenvalue weighted by molar-refractivity contribution is -0.389. The Morgan fingerprint density at radius 2 is 1.95 bits per heavy atom. The molecule has 37 heavy (non-hydrogen) atoms. The summed E-state index contributed by atoms with van der Waals surface area (Å²) in [7, 11) is 0. The van der Waals surface area contributed by atoms with Crippen molar-refractivity contribution < 1.29 is 32.4 Å². The molecule has 14 heteroatoms. The lowest BCUT2D eigenvalue weighted by atomic mass is 10.0. The number of hydrogen-bond donors (Lipinski definition) is 1. The minimum atomic E-state index is -4.83. The molecule has 3 heterocycles. The van der Waals surface area contributed by atoms with Crippen LogP contribution >= 0.6 is 11.6 Å². The Hall–Kier alpha value is -3.84. The topological polar surface area (TPSA) is 112 Å². The van der Waals surface area contributed by atoms with Crippen molar-refractivity contribution in [3.8, 4) is 22.9 Å². The Labute approximate surface area is 212 Å². The van der Waals surface area contributed by atoms with Gasteiger partial charge in [0.2, 0.25) is 5.91 Å². The van der Waals surface area contributed by atoms with E-state index in [0.29, 0.717) is 25.2 Å². The molecule has 0 saturated heterocycles. The van der Waals surface area contributed by atoms with Crippen molar-refractivity contribution in [2.24, 2.45) is 0 Å². The summed E-state index contributed by atoms with van der Waals surface area (Å²) < 4.78 is 48.3. The third-order valence-electron chi connectivity index (χ3n) is 5.96. The predicted octanol–water partition coefficient (Wildman–Crippen LogP) is 3.90. The predicted molar refractivity (Wildman–Crippen MR) is 124 cm³/mol. The van der Waals surface area contributed by atoms with Crippen molar-refractivity contribution in [1.29, 1.82) is 0 Å². The summed E-state index contributed by atoms with van der Waals surface area (Å²) in [5, 5.41) is 13.6. The van der Waals surface area contributed by atoms with Gasteiger partial charge in [-0.1, -0.05) is 29.8 Å². The second-order valence-corrected chi connectivity index (χ2v) is 9.10. The number of amides is 1. The van der Waals surface area contributed by atoms with Crippen LogP contribution in [0.2, 0.25) is 5.02 Å². The van der Waals surface area contributed by atoms with E-state index >= 15 is 0 Å². The van der Waals surface area contributed by atoms with Crippen molar-refractivity contribution in [2.45, 2.75) is 32.0 Å². The number of carbonyl (C=O) groups is 1. The molecule has 0 bridgehead atoms. The average Bonchev–Trinajstić information content (AvgIpc) is 3.42. The minimum absolute atomic E-state index is 0.132. The number of nitrogens with zero attached hydrogens (tertiary/aromatic N) is 4. The lowest BCUT2D eigenvalue weighted by Crippen LogP contribution is -2.47. The van der Waals surface area contributed by atoms with Crippen LogP contribution in [0.25, 0.3) is 11.1 Å². The van der Waals surface area contributed by atoms with Gasteiger partial charge in [0.15, 0.2) is 0 Å². The Bertz CT molecular complexity index is 1380. The molecule has 0 spiro atoms. The first kappa shape index (κ1) is 24.8. The maximum Gasteiger partial charge on any atom is 0.573 e. The fourth-order valence-corrected chi connectivity index (χ4v) is 4.61. The summed E-state index contributed by atoms with van der Waals surface area (Å²) in [6.45, 7) is 1.66. The summed E-state index contributed by atoms with van der Waals surface area (Å²) in [5.41, 5.74) is 3.44. The van der Waals surface area contributed by atoms with Crippen LogP contribution in [0, 0.1) is 10.1 Å². The van der Waals surface area contributed by atoms with E-state index in [4.69, 9.17) is 16.3 Å². The van der Waals surface area contributed by atoms with E-state index in [1.165, 1.54) is 29.0 Å². The number of alkyl halides is 3. The molecule has 0 radical (unpaired) electrons. The third-order valence-corrected chi connectivity index (χ3v) is 6.26. The molecule has 0 saturated carbocycles. The number of imidazole rings is 1. The highest BCUT2D eigenvalue weighted by Crippen LogP contribution is 2.35. The Morgan fingerprint density at radius 3 is 2.68 bits per heavy atom. The molecule has 0 fully saturated rings. The zero-order valence-corrected chi connectivity index (χ0v) is 19.8. The van der Waals surface area contributed by atoms with Gasteiger partial charge in [-0.25, -0.2) is 0 Å². The second-order valence-electron chi connectivity index (χ2n) is 8.69. The second kappa shape index (κ2) is 9.56. The number of carbonyl (C=O) groups excluding carboxylic acids is 1. The van der Waals surface area contributed by atoms with Crippen LogP contribution < -0.4 is 14.8 Å². The van der Waals surface area contributed by atoms with Crippen LogP contribution in [0.4, 0.5) is 19.0 Å². The van der Waals surface area contributed by atoms with Crippen LogP contribution in [0.15, 0.2) is 42.6 Å². The van der Waals surface area contributed by atoms with Crippen LogP contribution in [-0.4, -0.2) is 50.8 Å².